The highest BCUT2D eigenvalue weighted by Gasteiger charge is 2.35. The summed E-state index contributed by atoms with van der Waals surface area (Å²) in [7, 11) is 1.52. The summed E-state index contributed by atoms with van der Waals surface area (Å²) in [5.41, 5.74) is 0.0341. The Morgan fingerprint density at radius 3 is 2.26 bits per heavy atom. The van der Waals surface area contributed by atoms with Gasteiger partial charge in [-0.1, -0.05) is 6.08 Å². The van der Waals surface area contributed by atoms with Crippen LogP contribution in [0, 0.1) is 0 Å². The molecule has 0 saturated carbocycles. The van der Waals surface area contributed by atoms with Crippen molar-refractivity contribution in [2.45, 2.75) is 52.7 Å². The molecule has 2 amide bonds. The minimum Gasteiger partial charge on any atom is -0.496 e. The number of ether oxygens (including phenoxy) is 3. The van der Waals surface area contributed by atoms with Gasteiger partial charge >= 0.3 is 17.8 Å². The highest BCUT2D eigenvalue weighted by molar-refractivity contribution is 6.40. The predicted octanol–water partition coefficient (Wildman–Crippen LogP) is 3.19. The van der Waals surface area contributed by atoms with Gasteiger partial charge in [0.05, 0.1) is 12.9 Å². The molecule has 2 rings (SSSR count). The number of amides is 2. The van der Waals surface area contributed by atoms with E-state index in [0.717, 1.165) is 16.9 Å². The van der Waals surface area contributed by atoms with E-state index in [1.165, 1.54) is 21.0 Å². The van der Waals surface area contributed by atoms with E-state index in [0.29, 0.717) is 18.0 Å². The molecule has 0 radical (unpaired) electrons. The molecule has 31 heavy (non-hydrogen) atoms. The fourth-order valence-electron chi connectivity index (χ4n) is 2.69. The normalized spacial score (nSPS) is 13.9. The summed E-state index contributed by atoms with van der Waals surface area (Å²) in [5, 5.41) is 4.92. The van der Waals surface area contributed by atoms with E-state index < -0.39 is 28.9 Å². The van der Waals surface area contributed by atoms with Crippen LogP contribution in [0.1, 0.15) is 47.1 Å². The second-order valence-corrected chi connectivity index (χ2v) is 8.71. The summed E-state index contributed by atoms with van der Waals surface area (Å²) in [6.07, 6.45) is 3.81. The molecule has 168 valence electrons. The zero-order valence-electron chi connectivity index (χ0n) is 19.0. The van der Waals surface area contributed by atoms with Gasteiger partial charge in [0.2, 0.25) is 0 Å². The van der Waals surface area contributed by atoms with E-state index in [2.05, 4.69) is 10.6 Å². The minimum atomic E-state index is -1.37. The highest BCUT2D eigenvalue weighted by Crippen LogP contribution is 2.31. The molecule has 0 unspecified atom stereocenters. The Labute approximate surface area is 182 Å². The molecule has 0 saturated heterocycles. The molecule has 1 aliphatic rings. The molecular formula is C23H30N2O6. The first-order chi connectivity index (χ1) is 14.3. The predicted molar refractivity (Wildman–Crippen MR) is 117 cm³/mol. The average Bonchev–Trinajstić information content (AvgIpc) is 2.67. The summed E-state index contributed by atoms with van der Waals surface area (Å²) in [4.78, 5) is 37.0. The summed E-state index contributed by atoms with van der Waals surface area (Å²) >= 11 is 0. The van der Waals surface area contributed by atoms with Gasteiger partial charge in [-0.05, 0) is 59.8 Å². The van der Waals surface area contributed by atoms with E-state index in [-0.39, 0.29) is 0 Å². The molecule has 8 heteroatoms. The number of benzene rings is 1. The molecule has 1 aliphatic heterocycles. The number of carbonyl (C=O) groups excluding carboxylic acids is 3. The zero-order chi connectivity index (χ0) is 23.4. The monoisotopic (exact) mass is 430 g/mol. The number of hydrogen-bond acceptors (Lipinski definition) is 6. The van der Waals surface area contributed by atoms with Crippen molar-refractivity contribution in [1.82, 2.24) is 5.32 Å². The van der Waals surface area contributed by atoms with E-state index in [1.54, 1.807) is 39.0 Å². The zero-order valence-corrected chi connectivity index (χ0v) is 19.0. The SMILES string of the molecule is COc1cc(NC(=O)C(=O)NC(C)(C)C(=O)OC(C)(C)C)ccc1C1=CC=C(C)OC1. The second-order valence-electron chi connectivity index (χ2n) is 8.71. The number of allylic oxidation sites excluding steroid dienone is 3. The molecule has 1 heterocycles. The maximum atomic E-state index is 12.4. The fraction of sp³-hybridized carbons (Fsp3) is 0.435. The number of carbonyl (C=O) groups is 3. The van der Waals surface area contributed by atoms with Gasteiger partial charge in [0.1, 0.15) is 23.5 Å². The van der Waals surface area contributed by atoms with Gasteiger partial charge in [0.25, 0.3) is 0 Å². The van der Waals surface area contributed by atoms with Crippen molar-refractivity contribution in [1.29, 1.82) is 0 Å². The van der Waals surface area contributed by atoms with E-state index in [1.807, 2.05) is 19.1 Å². The molecule has 8 nitrogen and oxygen atoms in total. The van der Waals surface area contributed by atoms with Crippen molar-refractivity contribution in [3.8, 4) is 5.75 Å². The van der Waals surface area contributed by atoms with Gasteiger partial charge in [0.15, 0.2) is 0 Å². The molecule has 0 spiro atoms. The maximum absolute atomic E-state index is 12.4. The smallest absolute Gasteiger partial charge is 0.331 e. The Morgan fingerprint density at radius 1 is 1.03 bits per heavy atom. The van der Waals surface area contributed by atoms with Crippen LogP contribution < -0.4 is 15.4 Å². The van der Waals surface area contributed by atoms with Crippen LogP contribution >= 0.6 is 0 Å². The Kier molecular flexibility index (Phi) is 7.15. The fourth-order valence-corrected chi connectivity index (χ4v) is 2.69. The lowest BCUT2D eigenvalue weighted by atomic mass is 10.0. The second kappa shape index (κ2) is 9.24. The van der Waals surface area contributed by atoms with Crippen LogP contribution in [0.15, 0.2) is 36.1 Å². The van der Waals surface area contributed by atoms with Gasteiger partial charge in [-0.3, -0.25) is 9.59 Å². The van der Waals surface area contributed by atoms with Gasteiger partial charge in [-0.15, -0.1) is 0 Å². The standard InChI is InChI=1S/C23H30N2O6/c1-14-8-9-15(13-30-14)17-11-10-16(12-18(17)29-7)24-19(26)20(27)25-23(5,6)21(28)31-22(2,3)4/h8-12H,13H2,1-7H3,(H,24,26)(H,25,27). The molecule has 0 bridgehead atoms. The molecule has 1 aromatic carbocycles. The summed E-state index contributed by atoms with van der Waals surface area (Å²) < 4.78 is 16.3. The molecule has 1 aromatic rings. The molecular weight excluding hydrogens is 400 g/mol. The van der Waals surface area contributed by atoms with Gasteiger partial charge in [0, 0.05) is 22.9 Å². The Hall–Kier alpha value is -3.29. The van der Waals surface area contributed by atoms with Crippen molar-refractivity contribution < 1.29 is 28.6 Å². The van der Waals surface area contributed by atoms with Crippen LogP contribution in [0.2, 0.25) is 0 Å². The molecule has 0 atom stereocenters. The van der Waals surface area contributed by atoms with E-state index in [9.17, 15) is 14.4 Å². The molecule has 0 aromatic heterocycles. The number of nitrogens with one attached hydrogen (secondary N) is 2. The van der Waals surface area contributed by atoms with Crippen molar-refractivity contribution in [2.75, 3.05) is 19.0 Å². The summed E-state index contributed by atoms with van der Waals surface area (Å²) in [6.45, 7) is 10.4. The number of esters is 1. The largest absolute Gasteiger partial charge is 0.496 e. The quantitative estimate of drug-likeness (QED) is 0.549. The van der Waals surface area contributed by atoms with Crippen molar-refractivity contribution in [3.63, 3.8) is 0 Å². The van der Waals surface area contributed by atoms with Crippen LogP contribution in [-0.2, 0) is 23.9 Å². The number of hydrogen-bond donors (Lipinski definition) is 2. The minimum absolute atomic E-state index is 0.375. The molecule has 0 fully saturated rings. The summed E-state index contributed by atoms with van der Waals surface area (Å²) in [6, 6.07) is 5.06. The Bertz CT molecular complexity index is 938. The first-order valence-corrected chi connectivity index (χ1v) is 9.88. The lowest BCUT2D eigenvalue weighted by molar-refractivity contribution is -0.163. The van der Waals surface area contributed by atoms with E-state index in [4.69, 9.17) is 14.2 Å². The van der Waals surface area contributed by atoms with Crippen molar-refractivity contribution in [3.05, 3.63) is 41.7 Å². The Balaban J connectivity index is 2.09. The van der Waals surface area contributed by atoms with Gasteiger partial charge in [-0.2, -0.15) is 0 Å². The van der Waals surface area contributed by atoms with Gasteiger partial charge < -0.3 is 24.8 Å². The maximum Gasteiger partial charge on any atom is 0.331 e. The van der Waals surface area contributed by atoms with Crippen molar-refractivity contribution in [2.24, 2.45) is 0 Å². The average molecular weight is 431 g/mol. The number of methoxy groups -OCH3 is 1. The number of rotatable bonds is 5. The van der Waals surface area contributed by atoms with E-state index >= 15 is 0 Å². The Morgan fingerprint density at radius 2 is 1.71 bits per heavy atom. The van der Waals surface area contributed by atoms with Crippen LogP contribution in [0.4, 0.5) is 5.69 Å². The van der Waals surface area contributed by atoms with Crippen molar-refractivity contribution >= 4 is 29.0 Å². The van der Waals surface area contributed by atoms with Gasteiger partial charge in [-0.25, -0.2) is 4.79 Å². The lowest BCUT2D eigenvalue weighted by Crippen LogP contribution is -2.54. The third-order valence-corrected chi connectivity index (χ3v) is 4.32. The third-order valence-electron chi connectivity index (χ3n) is 4.32. The lowest BCUT2D eigenvalue weighted by Gasteiger charge is -2.28. The highest BCUT2D eigenvalue weighted by atomic mass is 16.6. The van der Waals surface area contributed by atoms with Crippen LogP contribution in [0.25, 0.3) is 5.57 Å². The number of anilines is 1. The van der Waals surface area contributed by atoms with Crippen LogP contribution in [-0.4, -0.2) is 42.6 Å². The molecule has 2 N–H and O–H groups in total. The van der Waals surface area contributed by atoms with Crippen LogP contribution in [0.3, 0.4) is 0 Å². The first kappa shape index (κ1) is 24.0. The third kappa shape index (κ3) is 6.60. The first-order valence-electron chi connectivity index (χ1n) is 9.88. The summed E-state index contributed by atoms with van der Waals surface area (Å²) in [5.74, 6) is -1.16. The molecule has 0 aliphatic carbocycles. The van der Waals surface area contributed by atoms with Crippen LogP contribution in [0.5, 0.6) is 5.75 Å². The topological polar surface area (TPSA) is 103 Å².